The van der Waals surface area contributed by atoms with E-state index in [-0.39, 0.29) is 5.56 Å². The van der Waals surface area contributed by atoms with Gasteiger partial charge in [-0.2, -0.15) is 0 Å². The van der Waals surface area contributed by atoms with Crippen molar-refractivity contribution in [2.24, 2.45) is 0 Å². The van der Waals surface area contributed by atoms with Gasteiger partial charge in [0.25, 0.3) is 0 Å². The van der Waals surface area contributed by atoms with Crippen LogP contribution in [0.1, 0.15) is 0 Å². The highest BCUT2D eigenvalue weighted by Gasteiger charge is 2.45. The minimum Gasteiger partial charge on any atom is -0.507 e. The summed E-state index contributed by atoms with van der Waals surface area (Å²) in [6.07, 6.45) is -8.50. The maximum absolute atomic E-state index is 12.8. The summed E-state index contributed by atoms with van der Waals surface area (Å²) < 4.78 is 16.2. The highest BCUT2D eigenvalue weighted by atomic mass is 16.7. The van der Waals surface area contributed by atoms with Crippen LogP contribution < -0.4 is 10.2 Å². The van der Waals surface area contributed by atoms with Crippen LogP contribution in [0.4, 0.5) is 0 Å². The van der Waals surface area contributed by atoms with Gasteiger partial charge in [-0.25, -0.2) is 0 Å². The molecule has 1 aliphatic rings. The van der Waals surface area contributed by atoms with E-state index in [2.05, 4.69) is 0 Å². The van der Waals surface area contributed by atoms with Gasteiger partial charge in [0, 0.05) is 11.6 Å². The fourth-order valence-corrected chi connectivity index (χ4v) is 3.56. The molecule has 0 spiro atoms. The first kappa shape index (κ1) is 23.4. The number of hydrogen-bond donors (Lipinski definition) is 9. The van der Waals surface area contributed by atoms with Gasteiger partial charge >= 0.3 is 0 Å². The first-order valence-electron chi connectivity index (χ1n) is 9.79. The number of aliphatic hydroxyl groups is 4. The first-order chi connectivity index (χ1) is 16.0. The molecule has 0 bridgehead atoms. The van der Waals surface area contributed by atoms with Crippen LogP contribution in [0, 0.1) is 0 Å². The Labute approximate surface area is 189 Å². The zero-order chi connectivity index (χ0) is 24.9. The molecule has 1 aromatic heterocycles. The molecule has 13 nitrogen and oxygen atoms in total. The molecular formula is C21H20O13. The lowest BCUT2D eigenvalue weighted by Crippen LogP contribution is -2.60. The Morgan fingerprint density at radius 2 is 1.56 bits per heavy atom. The second-order valence-corrected chi connectivity index (χ2v) is 7.58. The smallest absolute Gasteiger partial charge is 0.238 e. The number of aromatic hydroxyl groups is 5. The fourth-order valence-electron chi connectivity index (χ4n) is 3.56. The first-order valence-corrected chi connectivity index (χ1v) is 9.79. The summed E-state index contributed by atoms with van der Waals surface area (Å²) in [4.78, 5) is 12.8. The van der Waals surface area contributed by atoms with Crippen molar-refractivity contribution in [2.45, 2.75) is 30.7 Å². The summed E-state index contributed by atoms with van der Waals surface area (Å²) in [5, 5.41) is 89.0. The molecule has 0 radical (unpaired) electrons. The van der Waals surface area contributed by atoms with Crippen LogP contribution >= 0.6 is 0 Å². The van der Waals surface area contributed by atoms with Crippen LogP contribution in [0.2, 0.25) is 0 Å². The van der Waals surface area contributed by atoms with Crippen molar-refractivity contribution < 1.29 is 59.8 Å². The Morgan fingerprint density at radius 1 is 0.853 bits per heavy atom. The molecule has 13 heteroatoms. The van der Waals surface area contributed by atoms with Gasteiger partial charge in [0.05, 0.1) is 6.61 Å². The molecule has 2 heterocycles. The van der Waals surface area contributed by atoms with Crippen LogP contribution in [-0.2, 0) is 4.74 Å². The number of phenolic OH excluding ortho intramolecular Hbond substituents is 4. The lowest BCUT2D eigenvalue weighted by atomic mass is 9.99. The molecule has 0 unspecified atom stereocenters. The van der Waals surface area contributed by atoms with Crippen molar-refractivity contribution in [1.82, 2.24) is 0 Å². The molecule has 2 aromatic carbocycles. The topological polar surface area (TPSA) is 231 Å². The van der Waals surface area contributed by atoms with Crippen molar-refractivity contribution in [3.63, 3.8) is 0 Å². The number of rotatable bonds is 4. The van der Waals surface area contributed by atoms with Gasteiger partial charge in [-0.05, 0) is 18.2 Å². The summed E-state index contributed by atoms with van der Waals surface area (Å²) in [6.45, 7) is -0.759. The molecule has 5 atom stereocenters. The van der Waals surface area contributed by atoms with E-state index in [9.17, 15) is 50.8 Å². The normalized spacial score (nSPS) is 24.9. The van der Waals surface area contributed by atoms with Gasteiger partial charge < -0.3 is 59.8 Å². The van der Waals surface area contributed by atoms with E-state index in [1.54, 1.807) is 0 Å². The minimum atomic E-state index is -1.88. The second-order valence-electron chi connectivity index (χ2n) is 7.58. The highest BCUT2D eigenvalue weighted by Crippen LogP contribution is 2.44. The standard InChI is InChI=1S/C21H20O13/c22-5-11-13(27)15(29)17(31)21(32-11)34-19-10(26)4-9(25)12-14(28)16(30)18(33-20(12)19)6-1-2-7(23)8(24)3-6/h1-4,11,13,15,17,21-27,29-31H,5H2/t11-,13+,15+,17-,21-/m0/s1. The van der Waals surface area contributed by atoms with Crippen LogP contribution in [0.25, 0.3) is 22.3 Å². The van der Waals surface area contributed by atoms with E-state index in [0.717, 1.165) is 12.1 Å². The molecule has 0 saturated carbocycles. The third kappa shape index (κ3) is 3.70. The van der Waals surface area contributed by atoms with E-state index in [4.69, 9.17) is 13.9 Å². The largest absolute Gasteiger partial charge is 0.507 e. The summed E-state index contributed by atoms with van der Waals surface area (Å²) in [6, 6.07) is 3.92. The molecule has 0 amide bonds. The van der Waals surface area contributed by atoms with E-state index < -0.39 is 94.0 Å². The summed E-state index contributed by atoms with van der Waals surface area (Å²) >= 11 is 0. The molecule has 3 aromatic rings. The molecule has 1 fully saturated rings. The number of aliphatic hydroxyl groups excluding tert-OH is 4. The maximum Gasteiger partial charge on any atom is 0.238 e. The third-order valence-corrected chi connectivity index (χ3v) is 5.38. The average molecular weight is 480 g/mol. The Balaban J connectivity index is 1.89. The van der Waals surface area contributed by atoms with E-state index in [1.165, 1.54) is 6.07 Å². The Kier molecular flexibility index (Phi) is 5.89. The number of benzene rings is 2. The molecule has 1 saturated heterocycles. The zero-order valence-corrected chi connectivity index (χ0v) is 17.1. The number of hydrogen-bond acceptors (Lipinski definition) is 13. The minimum absolute atomic E-state index is 0.0755. The van der Waals surface area contributed by atoms with Crippen molar-refractivity contribution in [2.75, 3.05) is 6.61 Å². The van der Waals surface area contributed by atoms with Crippen LogP contribution in [0.3, 0.4) is 0 Å². The van der Waals surface area contributed by atoms with Crippen LogP contribution in [0.5, 0.6) is 34.5 Å². The van der Waals surface area contributed by atoms with Gasteiger partial charge in [-0.15, -0.1) is 0 Å². The quantitative estimate of drug-likeness (QED) is 0.208. The SMILES string of the molecule is O=c1c(O)c(-c2ccc(O)c(O)c2)oc2c(O[C@@H]3O[C@@H](CO)[C@@H](O)[C@@H](O)[C@@H]3O)c(O)cc(O)c12. The van der Waals surface area contributed by atoms with Crippen molar-refractivity contribution in [3.05, 3.63) is 34.5 Å². The number of fused-ring (bicyclic) bond motifs is 1. The fraction of sp³-hybridized carbons (Fsp3) is 0.286. The van der Waals surface area contributed by atoms with Gasteiger partial charge in [0.15, 0.2) is 28.6 Å². The van der Waals surface area contributed by atoms with Crippen LogP contribution in [-0.4, -0.2) is 83.3 Å². The zero-order valence-electron chi connectivity index (χ0n) is 17.1. The van der Waals surface area contributed by atoms with E-state index in [0.29, 0.717) is 6.07 Å². The van der Waals surface area contributed by atoms with Gasteiger partial charge in [-0.1, -0.05) is 0 Å². The Hall–Kier alpha value is -3.75. The number of ether oxygens (including phenoxy) is 2. The number of phenols is 4. The predicted octanol–water partition coefficient (Wildman–Crippen LogP) is -0.833. The van der Waals surface area contributed by atoms with Crippen molar-refractivity contribution in [1.29, 1.82) is 0 Å². The monoisotopic (exact) mass is 480 g/mol. The molecule has 0 aliphatic carbocycles. The average Bonchev–Trinajstić information content (AvgIpc) is 2.80. The molecular weight excluding hydrogens is 460 g/mol. The van der Waals surface area contributed by atoms with Gasteiger partial charge in [-0.3, -0.25) is 4.79 Å². The molecule has 1 aliphatic heterocycles. The second kappa shape index (κ2) is 8.55. The maximum atomic E-state index is 12.8. The van der Waals surface area contributed by atoms with E-state index in [1.807, 2.05) is 0 Å². The summed E-state index contributed by atoms with van der Waals surface area (Å²) in [7, 11) is 0. The van der Waals surface area contributed by atoms with Gasteiger partial charge in [0.2, 0.25) is 23.2 Å². The van der Waals surface area contributed by atoms with Crippen molar-refractivity contribution in [3.8, 4) is 45.8 Å². The summed E-state index contributed by atoms with van der Waals surface area (Å²) in [5.41, 5.74) is -1.84. The Morgan fingerprint density at radius 3 is 2.21 bits per heavy atom. The molecule has 9 N–H and O–H groups in total. The van der Waals surface area contributed by atoms with E-state index >= 15 is 0 Å². The predicted molar refractivity (Wildman–Crippen MR) is 111 cm³/mol. The van der Waals surface area contributed by atoms with Crippen LogP contribution in [0.15, 0.2) is 33.5 Å². The Bertz CT molecular complexity index is 1300. The lowest BCUT2D eigenvalue weighted by Gasteiger charge is -2.39. The summed E-state index contributed by atoms with van der Waals surface area (Å²) in [5.74, 6) is -4.84. The lowest BCUT2D eigenvalue weighted by molar-refractivity contribution is -0.277. The highest BCUT2D eigenvalue weighted by molar-refractivity contribution is 5.93. The molecule has 4 rings (SSSR count). The molecule has 182 valence electrons. The molecule has 34 heavy (non-hydrogen) atoms. The van der Waals surface area contributed by atoms with Gasteiger partial charge in [0.1, 0.15) is 35.6 Å². The van der Waals surface area contributed by atoms with Crippen molar-refractivity contribution >= 4 is 11.0 Å². The third-order valence-electron chi connectivity index (χ3n) is 5.38.